The smallest absolute Gasteiger partial charge is 0.163 e. The third-order valence-electron chi connectivity index (χ3n) is 2.34. The summed E-state index contributed by atoms with van der Waals surface area (Å²) in [4.78, 5) is 13.5. The van der Waals surface area contributed by atoms with Crippen molar-refractivity contribution < 1.29 is 9.53 Å². The molecule has 17 heavy (non-hydrogen) atoms. The molecule has 3 nitrogen and oxygen atoms in total. The number of benzene rings is 1. The Morgan fingerprint density at radius 3 is 2.71 bits per heavy atom. The average Bonchev–Trinajstić information content (AvgIpc) is 2.25. The van der Waals surface area contributed by atoms with Gasteiger partial charge in [0.05, 0.1) is 17.2 Å². The highest BCUT2D eigenvalue weighted by Gasteiger charge is 2.11. The summed E-state index contributed by atoms with van der Waals surface area (Å²) in [5, 5.41) is 0.488. The molecule has 0 amide bonds. The van der Waals surface area contributed by atoms with Gasteiger partial charge in [-0.2, -0.15) is 0 Å². The summed E-state index contributed by atoms with van der Waals surface area (Å²) in [5.41, 5.74) is 0.544. The second-order valence-corrected chi connectivity index (χ2v) is 4.59. The van der Waals surface area contributed by atoms with E-state index in [9.17, 15) is 4.79 Å². The van der Waals surface area contributed by atoms with Crippen molar-refractivity contribution in [1.29, 1.82) is 0 Å². The normalized spacial score (nSPS) is 10.6. The zero-order valence-corrected chi connectivity index (χ0v) is 11.3. The van der Waals surface area contributed by atoms with Crippen LogP contribution >= 0.6 is 11.6 Å². The maximum atomic E-state index is 11.4. The van der Waals surface area contributed by atoms with Crippen LogP contribution in [0.1, 0.15) is 23.7 Å². The lowest BCUT2D eigenvalue weighted by molar-refractivity contribution is 0.101. The van der Waals surface area contributed by atoms with Gasteiger partial charge in [0.15, 0.2) is 5.78 Å². The van der Waals surface area contributed by atoms with Crippen molar-refractivity contribution in [3.63, 3.8) is 0 Å². The molecule has 0 N–H and O–H groups in total. The Labute approximate surface area is 107 Å². The number of ether oxygens (including phenoxy) is 1. The Morgan fingerprint density at radius 1 is 1.41 bits per heavy atom. The molecule has 0 saturated heterocycles. The van der Waals surface area contributed by atoms with E-state index in [1.807, 2.05) is 14.1 Å². The number of halogens is 1. The van der Waals surface area contributed by atoms with Crippen LogP contribution in [0.15, 0.2) is 18.2 Å². The van der Waals surface area contributed by atoms with Crippen LogP contribution in [0, 0.1) is 0 Å². The van der Waals surface area contributed by atoms with Crippen molar-refractivity contribution in [2.45, 2.75) is 13.3 Å². The number of ketones is 1. The summed E-state index contributed by atoms with van der Waals surface area (Å²) < 4.78 is 5.60. The lowest BCUT2D eigenvalue weighted by Gasteiger charge is -2.13. The van der Waals surface area contributed by atoms with Crippen LogP contribution in [-0.2, 0) is 0 Å². The van der Waals surface area contributed by atoms with Gasteiger partial charge in [0.2, 0.25) is 0 Å². The topological polar surface area (TPSA) is 29.5 Å². The molecule has 0 saturated carbocycles. The van der Waals surface area contributed by atoms with Gasteiger partial charge < -0.3 is 9.64 Å². The van der Waals surface area contributed by atoms with E-state index in [4.69, 9.17) is 16.3 Å². The third kappa shape index (κ3) is 4.36. The highest BCUT2D eigenvalue weighted by Crippen LogP contribution is 2.29. The first kappa shape index (κ1) is 14.0. The van der Waals surface area contributed by atoms with Gasteiger partial charge in [-0.1, -0.05) is 17.7 Å². The molecule has 94 valence electrons. The second kappa shape index (κ2) is 6.62. The molecule has 0 fully saturated rings. The van der Waals surface area contributed by atoms with Crippen LogP contribution in [0.25, 0.3) is 0 Å². The molecule has 1 aromatic rings. The van der Waals surface area contributed by atoms with Crippen LogP contribution in [0.4, 0.5) is 0 Å². The van der Waals surface area contributed by atoms with Crippen LogP contribution in [-0.4, -0.2) is 37.9 Å². The summed E-state index contributed by atoms with van der Waals surface area (Å²) in [6.07, 6.45) is 0.898. The largest absolute Gasteiger partial charge is 0.491 e. The summed E-state index contributed by atoms with van der Waals surface area (Å²) in [6, 6.07) is 5.22. The predicted molar refractivity (Wildman–Crippen MR) is 70.1 cm³/mol. The molecule has 0 spiro atoms. The molecular formula is C13H18ClNO2. The lowest BCUT2D eigenvalue weighted by atomic mass is 10.1. The molecule has 0 aliphatic heterocycles. The Hall–Kier alpha value is -1.06. The quantitative estimate of drug-likeness (QED) is 0.578. The molecule has 0 heterocycles. The minimum atomic E-state index is -0.0323. The Bertz CT molecular complexity index is 391. The van der Waals surface area contributed by atoms with Crippen LogP contribution < -0.4 is 4.74 Å². The van der Waals surface area contributed by atoms with Gasteiger partial charge >= 0.3 is 0 Å². The number of Topliss-reactive ketones (excluding diaryl/α,β-unsaturated/α-hetero) is 1. The fourth-order valence-electron chi connectivity index (χ4n) is 1.49. The monoisotopic (exact) mass is 255 g/mol. The molecule has 0 bridgehead atoms. The number of hydrogen-bond donors (Lipinski definition) is 0. The van der Waals surface area contributed by atoms with E-state index in [2.05, 4.69) is 4.90 Å². The average molecular weight is 256 g/mol. The number of para-hydroxylation sites is 1. The summed E-state index contributed by atoms with van der Waals surface area (Å²) in [5.74, 6) is 0.468. The predicted octanol–water partition coefficient (Wildman–Crippen LogP) is 2.87. The first-order chi connectivity index (χ1) is 8.02. The van der Waals surface area contributed by atoms with Crippen LogP contribution in [0.2, 0.25) is 5.02 Å². The minimum absolute atomic E-state index is 0.0323. The van der Waals surface area contributed by atoms with Crippen molar-refractivity contribution in [2.75, 3.05) is 27.2 Å². The van der Waals surface area contributed by atoms with Crippen LogP contribution in [0.3, 0.4) is 0 Å². The molecule has 1 rings (SSSR count). The van der Waals surface area contributed by atoms with E-state index >= 15 is 0 Å². The first-order valence-electron chi connectivity index (χ1n) is 5.59. The maximum Gasteiger partial charge on any atom is 0.163 e. The molecule has 4 heteroatoms. The minimum Gasteiger partial charge on any atom is -0.491 e. The van der Waals surface area contributed by atoms with E-state index in [1.54, 1.807) is 18.2 Å². The lowest BCUT2D eigenvalue weighted by Crippen LogP contribution is -2.16. The molecule has 0 aliphatic rings. The third-order valence-corrected chi connectivity index (χ3v) is 2.64. The molecule has 0 radical (unpaired) electrons. The standard InChI is InChI=1S/C13H18ClNO2/c1-10(16)11-6-4-7-12(14)13(11)17-9-5-8-15(2)3/h4,6-7H,5,8-9H2,1-3H3. The van der Waals surface area contributed by atoms with Crippen molar-refractivity contribution in [3.8, 4) is 5.75 Å². The molecule has 0 aromatic heterocycles. The Morgan fingerprint density at radius 2 is 2.12 bits per heavy atom. The van der Waals surface area contributed by atoms with Crippen LogP contribution in [0.5, 0.6) is 5.75 Å². The van der Waals surface area contributed by atoms with Gasteiger partial charge in [0, 0.05) is 6.54 Å². The highest BCUT2D eigenvalue weighted by molar-refractivity contribution is 6.32. The number of carbonyl (C=O) groups is 1. The van der Waals surface area contributed by atoms with E-state index < -0.39 is 0 Å². The van der Waals surface area contributed by atoms with E-state index in [1.165, 1.54) is 6.92 Å². The zero-order valence-electron chi connectivity index (χ0n) is 10.5. The summed E-state index contributed by atoms with van der Waals surface area (Å²) >= 11 is 6.03. The van der Waals surface area contributed by atoms with Gasteiger partial charge in [-0.25, -0.2) is 0 Å². The molecule has 0 aliphatic carbocycles. The Balaban J connectivity index is 2.66. The van der Waals surface area contributed by atoms with E-state index in [-0.39, 0.29) is 5.78 Å². The number of rotatable bonds is 6. The van der Waals surface area contributed by atoms with Gasteiger partial charge in [0.1, 0.15) is 5.75 Å². The van der Waals surface area contributed by atoms with E-state index in [0.29, 0.717) is 22.9 Å². The molecular weight excluding hydrogens is 238 g/mol. The highest BCUT2D eigenvalue weighted by atomic mass is 35.5. The van der Waals surface area contributed by atoms with Gasteiger partial charge in [-0.05, 0) is 39.6 Å². The van der Waals surface area contributed by atoms with Gasteiger partial charge in [0.25, 0.3) is 0 Å². The molecule has 1 aromatic carbocycles. The SMILES string of the molecule is CC(=O)c1cccc(Cl)c1OCCCN(C)C. The van der Waals surface area contributed by atoms with Crippen molar-refractivity contribution in [1.82, 2.24) is 4.90 Å². The van der Waals surface area contributed by atoms with Gasteiger partial charge in [-0.15, -0.1) is 0 Å². The summed E-state index contributed by atoms with van der Waals surface area (Å²) in [7, 11) is 4.02. The number of nitrogens with zero attached hydrogens (tertiary/aromatic N) is 1. The maximum absolute atomic E-state index is 11.4. The molecule has 0 unspecified atom stereocenters. The van der Waals surface area contributed by atoms with Gasteiger partial charge in [-0.3, -0.25) is 4.79 Å². The first-order valence-corrected chi connectivity index (χ1v) is 5.97. The van der Waals surface area contributed by atoms with Crippen molar-refractivity contribution >= 4 is 17.4 Å². The van der Waals surface area contributed by atoms with Crippen molar-refractivity contribution in [3.05, 3.63) is 28.8 Å². The fraction of sp³-hybridized carbons (Fsp3) is 0.462. The molecule has 0 atom stereocenters. The fourth-order valence-corrected chi connectivity index (χ4v) is 1.72. The number of carbonyl (C=O) groups excluding carboxylic acids is 1. The Kier molecular flexibility index (Phi) is 5.45. The summed E-state index contributed by atoms with van der Waals surface area (Å²) in [6.45, 7) is 3.01. The number of hydrogen-bond acceptors (Lipinski definition) is 3. The van der Waals surface area contributed by atoms with E-state index in [0.717, 1.165) is 13.0 Å². The van der Waals surface area contributed by atoms with Crippen molar-refractivity contribution in [2.24, 2.45) is 0 Å². The second-order valence-electron chi connectivity index (χ2n) is 4.18. The zero-order chi connectivity index (χ0) is 12.8.